The number of amides is 2. The molecule has 6 nitrogen and oxygen atoms in total. The third kappa shape index (κ3) is 4.54. The average molecular weight is 388 g/mol. The Morgan fingerprint density at radius 3 is 2.62 bits per heavy atom. The Morgan fingerprint density at radius 2 is 1.93 bits per heavy atom. The summed E-state index contributed by atoms with van der Waals surface area (Å²) in [5.74, 6) is -0.132. The molecular formula is C23H24N4O2. The predicted octanol–water partition coefficient (Wildman–Crippen LogP) is 2.92. The molecule has 4 rings (SSSR count). The summed E-state index contributed by atoms with van der Waals surface area (Å²) < 4.78 is 1.81. The van der Waals surface area contributed by atoms with E-state index in [1.54, 1.807) is 6.20 Å². The predicted molar refractivity (Wildman–Crippen MR) is 111 cm³/mol. The van der Waals surface area contributed by atoms with Gasteiger partial charge in [-0.05, 0) is 18.9 Å². The number of benzene rings is 2. The van der Waals surface area contributed by atoms with Crippen molar-refractivity contribution in [3.8, 4) is 11.3 Å². The Labute approximate surface area is 169 Å². The van der Waals surface area contributed by atoms with Crippen molar-refractivity contribution in [2.45, 2.75) is 32.4 Å². The first kappa shape index (κ1) is 18.9. The third-order valence-electron chi connectivity index (χ3n) is 5.12. The zero-order chi connectivity index (χ0) is 20.2. The Hall–Kier alpha value is -3.41. The van der Waals surface area contributed by atoms with Gasteiger partial charge in [0.15, 0.2) is 0 Å². The molecule has 0 saturated carbocycles. The number of carbonyl (C=O) groups excluding carboxylic acids is 2. The molecule has 0 bridgehead atoms. The molecule has 2 heterocycles. The smallest absolute Gasteiger partial charge is 0.255 e. The van der Waals surface area contributed by atoms with Crippen LogP contribution in [0.25, 0.3) is 11.3 Å². The second kappa shape index (κ2) is 8.31. The summed E-state index contributed by atoms with van der Waals surface area (Å²) in [7, 11) is 0. The van der Waals surface area contributed by atoms with Crippen molar-refractivity contribution < 1.29 is 9.59 Å². The summed E-state index contributed by atoms with van der Waals surface area (Å²) >= 11 is 0. The van der Waals surface area contributed by atoms with Crippen LogP contribution in [0.2, 0.25) is 0 Å². The topological polar surface area (TPSA) is 76.0 Å². The molecule has 2 N–H and O–H groups in total. The number of nitrogens with one attached hydrogen (secondary N) is 2. The van der Waals surface area contributed by atoms with Crippen LogP contribution in [0.5, 0.6) is 0 Å². The SMILES string of the molecule is Cc1ccc(-c2nn(Cc3ccccc3)cc2C(=O)N[C@@H]2CCC(=O)NC2)cc1. The van der Waals surface area contributed by atoms with E-state index in [0.717, 1.165) is 16.7 Å². The van der Waals surface area contributed by atoms with Gasteiger partial charge in [0.25, 0.3) is 5.91 Å². The number of hydrogen-bond donors (Lipinski definition) is 2. The van der Waals surface area contributed by atoms with E-state index in [1.165, 1.54) is 0 Å². The van der Waals surface area contributed by atoms with Crippen LogP contribution in [-0.2, 0) is 11.3 Å². The minimum atomic E-state index is -0.166. The maximum absolute atomic E-state index is 13.0. The lowest BCUT2D eigenvalue weighted by Gasteiger charge is -2.23. The Kier molecular flexibility index (Phi) is 5.42. The van der Waals surface area contributed by atoms with Crippen molar-refractivity contribution >= 4 is 11.8 Å². The fourth-order valence-corrected chi connectivity index (χ4v) is 3.48. The highest BCUT2D eigenvalue weighted by molar-refractivity contribution is 6.00. The van der Waals surface area contributed by atoms with Crippen LogP contribution in [0.15, 0.2) is 60.8 Å². The molecule has 0 aliphatic carbocycles. The van der Waals surface area contributed by atoms with Crippen LogP contribution in [-0.4, -0.2) is 34.2 Å². The minimum Gasteiger partial charge on any atom is -0.354 e. The highest BCUT2D eigenvalue weighted by atomic mass is 16.2. The average Bonchev–Trinajstić information content (AvgIpc) is 3.15. The van der Waals surface area contributed by atoms with Gasteiger partial charge in [0.1, 0.15) is 5.69 Å². The van der Waals surface area contributed by atoms with Crippen LogP contribution in [0.3, 0.4) is 0 Å². The number of nitrogens with zero attached hydrogens (tertiary/aromatic N) is 2. The van der Waals surface area contributed by atoms with Gasteiger partial charge < -0.3 is 10.6 Å². The van der Waals surface area contributed by atoms with E-state index in [0.29, 0.717) is 37.2 Å². The lowest BCUT2D eigenvalue weighted by atomic mass is 10.0. The van der Waals surface area contributed by atoms with Gasteiger partial charge in [-0.1, -0.05) is 60.2 Å². The van der Waals surface area contributed by atoms with Crippen molar-refractivity contribution in [2.24, 2.45) is 0 Å². The van der Waals surface area contributed by atoms with Crippen LogP contribution in [0, 0.1) is 6.92 Å². The first-order chi connectivity index (χ1) is 14.1. The fraction of sp³-hybridized carbons (Fsp3) is 0.261. The van der Waals surface area contributed by atoms with E-state index < -0.39 is 0 Å². The molecule has 1 aliphatic rings. The number of hydrogen-bond acceptors (Lipinski definition) is 3. The van der Waals surface area contributed by atoms with Gasteiger partial charge in [0.05, 0.1) is 12.1 Å². The molecule has 6 heteroatoms. The van der Waals surface area contributed by atoms with Gasteiger partial charge in [-0.3, -0.25) is 14.3 Å². The van der Waals surface area contributed by atoms with E-state index in [4.69, 9.17) is 5.10 Å². The summed E-state index contributed by atoms with van der Waals surface area (Å²) in [6.07, 6.45) is 2.89. The van der Waals surface area contributed by atoms with Crippen molar-refractivity contribution in [2.75, 3.05) is 6.54 Å². The molecule has 1 saturated heterocycles. The summed E-state index contributed by atoms with van der Waals surface area (Å²) in [4.78, 5) is 24.4. The number of carbonyl (C=O) groups is 2. The Balaban J connectivity index is 1.62. The number of aromatic nitrogens is 2. The second-order valence-corrected chi connectivity index (χ2v) is 7.45. The van der Waals surface area contributed by atoms with Gasteiger partial charge >= 0.3 is 0 Å². The molecule has 1 fully saturated rings. The van der Waals surface area contributed by atoms with Crippen molar-refractivity contribution in [1.29, 1.82) is 0 Å². The zero-order valence-corrected chi connectivity index (χ0v) is 16.4. The quantitative estimate of drug-likeness (QED) is 0.706. The zero-order valence-electron chi connectivity index (χ0n) is 16.4. The molecular weight excluding hydrogens is 364 g/mol. The molecule has 1 aliphatic heterocycles. The summed E-state index contributed by atoms with van der Waals surface area (Å²) in [5.41, 5.74) is 4.39. The van der Waals surface area contributed by atoms with E-state index in [1.807, 2.05) is 66.2 Å². The van der Waals surface area contributed by atoms with E-state index >= 15 is 0 Å². The van der Waals surface area contributed by atoms with Gasteiger partial charge in [0, 0.05) is 30.8 Å². The maximum atomic E-state index is 13.0. The van der Waals surface area contributed by atoms with E-state index in [2.05, 4.69) is 10.6 Å². The Morgan fingerprint density at radius 1 is 1.17 bits per heavy atom. The summed E-state index contributed by atoms with van der Waals surface area (Å²) in [6, 6.07) is 18.0. The normalized spacial score (nSPS) is 16.3. The van der Waals surface area contributed by atoms with Crippen LogP contribution in [0.1, 0.15) is 34.3 Å². The lowest BCUT2D eigenvalue weighted by molar-refractivity contribution is -0.122. The molecule has 1 atom stereocenters. The van der Waals surface area contributed by atoms with E-state index in [-0.39, 0.29) is 17.9 Å². The molecule has 3 aromatic rings. The van der Waals surface area contributed by atoms with Crippen molar-refractivity contribution in [3.05, 3.63) is 77.5 Å². The Bertz CT molecular complexity index is 999. The molecule has 148 valence electrons. The third-order valence-corrected chi connectivity index (χ3v) is 5.12. The van der Waals surface area contributed by atoms with Crippen molar-refractivity contribution in [3.63, 3.8) is 0 Å². The van der Waals surface area contributed by atoms with Gasteiger partial charge in [-0.25, -0.2) is 0 Å². The molecule has 29 heavy (non-hydrogen) atoms. The fourth-order valence-electron chi connectivity index (χ4n) is 3.48. The molecule has 0 spiro atoms. The number of rotatable bonds is 5. The highest BCUT2D eigenvalue weighted by Crippen LogP contribution is 2.23. The monoisotopic (exact) mass is 388 g/mol. The largest absolute Gasteiger partial charge is 0.354 e. The number of piperidine rings is 1. The molecule has 1 aromatic heterocycles. The van der Waals surface area contributed by atoms with Crippen molar-refractivity contribution in [1.82, 2.24) is 20.4 Å². The maximum Gasteiger partial charge on any atom is 0.255 e. The van der Waals surface area contributed by atoms with Crippen LogP contribution >= 0.6 is 0 Å². The minimum absolute atomic E-state index is 0.0338. The second-order valence-electron chi connectivity index (χ2n) is 7.45. The van der Waals surface area contributed by atoms with Gasteiger partial charge in [-0.2, -0.15) is 5.10 Å². The molecule has 0 radical (unpaired) electrons. The summed E-state index contributed by atoms with van der Waals surface area (Å²) in [6.45, 7) is 3.08. The first-order valence-electron chi connectivity index (χ1n) is 9.84. The lowest BCUT2D eigenvalue weighted by Crippen LogP contribution is -2.47. The van der Waals surface area contributed by atoms with Crippen LogP contribution < -0.4 is 10.6 Å². The standard InChI is InChI=1S/C23H24N4O2/c1-16-7-9-18(10-8-16)22-20(23(29)25-19-11-12-21(28)24-13-19)15-27(26-22)14-17-5-3-2-4-6-17/h2-10,15,19H,11-14H2,1H3,(H,24,28)(H,25,29)/t19-/m1/s1. The first-order valence-corrected chi connectivity index (χ1v) is 9.84. The molecule has 2 amide bonds. The van der Waals surface area contributed by atoms with Gasteiger partial charge in [-0.15, -0.1) is 0 Å². The van der Waals surface area contributed by atoms with Crippen LogP contribution in [0.4, 0.5) is 0 Å². The number of aryl methyl sites for hydroxylation is 1. The summed E-state index contributed by atoms with van der Waals surface area (Å²) in [5, 5.41) is 10.6. The molecule has 0 unspecified atom stereocenters. The highest BCUT2D eigenvalue weighted by Gasteiger charge is 2.23. The van der Waals surface area contributed by atoms with Gasteiger partial charge in [0.2, 0.25) is 5.91 Å². The molecule has 2 aromatic carbocycles. The van der Waals surface area contributed by atoms with E-state index in [9.17, 15) is 9.59 Å².